The Balaban J connectivity index is 1.94. The zero-order valence-electron chi connectivity index (χ0n) is 10.0. The highest BCUT2D eigenvalue weighted by Crippen LogP contribution is 2.36. The largest absolute Gasteiger partial charge is 0.381 e. The minimum absolute atomic E-state index is 0.249. The molecule has 0 amide bonds. The van der Waals surface area contributed by atoms with E-state index in [1.165, 1.54) is 25.7 Å². The Morgan fingerprint density at radius 2 is 1.88 bits per heavy atom. The molecule has 0 spiro atoms. The van der Waals surface area contributed by atoms with E-state index in [2.05, 4.69) is 0 Å². The van der Waals surface area contributed by atoms with Gasteiger partial charge in [-0.3, -0.25) is 4.79 Å². The molecule has 92 valence electrons. The summed E-state index contributed by atoms with van der Waals surface area (Å²) in [5, 5.41) is 0. The highest BCUT2D eigenvalue weighted by Gasteiger charge is 2.39. The summed E-state index contributed by atoms with van der Waals surface area (Å²) in [6, 6.07) is 0. The van der Waals surface area contributed by atoms with Crippen LogP contribution in [0.4, 0.5) is 0 Å². The number of nitrogens with two attached hydrogens (primary N) is 1. The number of ketones is 1. The van der Waals surface area contributed by atoms with E-state index in [9.17, 15) is 4.79 Å². The molecule has 3 heteroatoms. The molecular formula is C13H23NO2. The monoisotopic (exact) mass is 225 g/mol. The number of carbonyl (C=O) groups excluding carboxylic acids is 1. The van der Waals surface area contributed by atoms with Gasteiger partial charge >= 0.3 is 0 Å². The SMILES string of the molecule is NCC1(C(=O)CC2CCCC2)CCOCC1. The summed E-state index contributed by atoms with van der Waals surface area (Å²) in [7, 11) is 0. The molecule has 0 atom stereocenters. The molecule has 1 saturated heterocycles. The molecule has 1 aliphatic carbocycles. The molecule has 0 radical (unpaired) electrons. The third kappa shape index (κ3) is 2.46. The smallest absolute Gasteiger partial charge is 0.140 e. The summed E-state index contributed by atoms with van der Waals surface area (Å²) in [6.07, 6.45) is 7.50. The van der Waals surface area contributed by atoms with Gasteiger partial charge in [0.2, 0.25) is 0 Å². The topological polar surface area (TPSA) is 52.3 Å². The molecule has 2 N–H and O–H groups in total. The standard InChI is InChI=1S/C13H23NO2/c14-10-13(5-7-16-8-6-13)12(15)9-11-3-1-2-4-11/h11H,1-10,14H2. The number of Topliss-reactive ketones (excluding diaryl/α,β-unsaturated/α-hetero) is 1. The van der Waals surface area contributed by atoms with Crippen LogP contribution < -0.4 is 5.73 Å². The molecule has 1 saturated carbocycles. The zero-order chi connectivity index (χ0) is 11.4. The summed E-state index contributed by atoms with van der Waals surface area (Å²) in [4.78, 5) is 12.4. The lowest BCUT2D eigenvalue weighted by molar-refractivity contribution is -0.134. The maximum absolute atomic E-state index is 12.4. The molecule has 16 heavy (non-hydrogen) atoms. The van der Waals surface area contributed by atoms with Crippen molar-refractivity contribution in [2.75, 3.05) is 19.8 Å². The molecule has 0 unspecified atom stereocenters. The minimum Gasteiger partial charge on any atom is -0.381 e. The van der Waals surface area contributed by atoms with E-state index in [0.717, 1.165) is 19.3 Å². The fourth-order valence-electron chi connectivity index (χ4n) is 3.05. The second-order valence-electron chi connectivity index (χ2n) is 5.37. The van der Waals surface area contributed by atoms with E-state index in [1.807, 2.05) is 0 Å². The third-order valence-electron chi connectivity index (χ3n) is 4.38. The number of carbonyl (C=O) groups is 1. The van der Waals surface area contributed by atoms with Crippen LogP contribution in [0.5, 0.6) is 0 Å². The second-order valence-corrected chi connectivity index (χ2v) is 5.37. The lowest BCUT2D eigenvalue weighted by Crippen LogP contribution is -2.43. The first-order valence-electron chi connectivity index (χ1n) is 6.58. The molecular weight excluding hydrogens is 202 g/mol. The lowest BCUT2D eigenvalue weighted by atomic mass is 9.73. The Labute approximate surface area is 97.7 Å². The third-order valence-corrected chi connectivity index (χ3v) is 4.38. The fourth-order valence-corrected chi connectivity index (χ4v) is 3.05. The van der Waals surface area contributed by atoms with E-state index in [0.29, 0.717) is 31.5 Å². The van der Waals surface area contributed by atoms with E-state index in [4.69, 9.17) is 10.5 Å². The van der Waals surface area contributed by atoms with Crippen LogP contribution in [-0.4, -0.2) is 25.5 Å². The van der Waals surface area contributed by atoms with Crippen molar-refractivity contribution in [3.05, 3.63) is 0 Å². The van der Waals surface area contributed by atoms with Crippen molar-refractivity contribution in [2.24, 2.45) is 17.1 Å². The Morgan fingerprint density at radius 1 is 1.25 bits per heavy atom. The van der Waals surface area contributed by atoms with Crippen molar-refractivity contribution < 1.29 is 9.53 Å². The van der Waals surface area contributed by atoms with Crippen molar-refractivity contribution >= 4 is 5.78 Å². The molecule has 0 aromatic carbocycles. The van der Waals surface area contributed by atoms with Crippen molar-refractivity contribution in [3.63, 3.8) is 0 Å². The van der Waals surface area contributed by atoms with Gasteiger partial charge < -0.3 is 10.5 Å². The summed E-state index contributed by atoms with van der Waals surface area (Å²) >= 11 is 0. The summed E-state index contributed by atoms with van der Waals surface area (Å²) < 4.78 is 5.34. The number of rotatable bonds is 4. The van der Waals surface area contributed by atoms with Crippen LogP contribution in [0.15, 0.2) is 0 Å². The normalized spacial score (nSPS) is 25.8. The maximum atomic E-state index is 12.4. The predicted octanol–water partition coefficient (Wildman–Crippen LogP) is 1.89. The van der Waals surface area contributed by atoms with Gasteiger partial charge in [0, 0.05) is 31.6 Å². The Hall–Kier alpha value is -0.410. The highest BCUT2D eigenvalue weighted by atomic mass is 16.5. The molecule has 0 bridgehead atoms. The van der Waals surface area contributed by atoms with Crippen LogP contribution in [0.1, 0.15) is 44.9 Å². The summed E-state index contributed by atoms with van der Waals surface area (Å²) in [5.74, 6) is 1.05. The second kappa shape index (κ2) is 5.28. The molecule has 0 aromatic heterocycles. The average molecular weight is 225 g/mol. The number of hydrogen-bond acceptors (Lipinski definition) is 3. The highest BCUT2D eigenvalue weighted by molar-refractivity contribution is 5.85. The summed E-state index contributed by atoms with van der Waals surface area (Å²) in [5.41, 5.74) is 5.59. The molecule has 1 heterocycles. The Morgan fingerprint density at radius 3 is 2.44 bits per heavy atom. The quantitative estimate of drug-likeness (QED) is 0.795. The first-order chi connectivity index (χ1) is 7.77. The van der Waals surface area contributed by atoms with Crippen LogP contribution in [0.2, 0.25) is 0 Å². The molecule has 3 nitrogen and oxygen atoms in total. The van der Waals surface area contributed by atoms with Crippen LogP contribution in [-0.2, 0) is 9.53 Å². The average Bonchev–Trinajstić information content (AvgIpc) is 2.82. The lowest BCUT2D eigenvalue weighted by Gasteiger charge is -2.35. The molecule has 2 fully saturated rings. The number of hydrogen-bond donors (Lipinski definition) is 1. The fraction of sp³-hybridized carbons (Fsp3) is 0.923. The maximum Gasteiger partial charge on any atom is 0.140 e. The van der Waals surface area contributed by atoms with Gasteiger partial charge in [0.15, 0.2) is 0 Å². The van der Waals surface area contributed by atoms with Crippen LogP contribution in [0.25, 0.3) is 0 Å². The van der Waals surface area contributed by atoms with Crippen LogP contribution >= 0.6 is 0 Å². The van der Waals surface area contributed by atoms with Gasteiger partial charge in [-0.25, -0.2) is 0 Å². The predicted molar refractivity (Wildman–Crippen MR) is 63.1 cm³/mol. The summed E-state index contributed by atoms with van der Waals surface area (Å²) in [6.45, 7) is 1.91. The van der Waals surface area contributed by atoms with Crippen LogP contribution in [0, 0.1) is 11.3 Å². The van der Waals surface area contributed by atoms with E-state index < -0.39 is 0 Å². The zero-order valence-corrected chi connectivity index (χ0v) is 10.0. The van der Waals surface area contributed by atoms with Crippen molar-refractivity contribution in [1.82, 2.24) is 0 Å². The van der Waals surface area contributed by atoms with Gasteiger partial charge in [-0.1, -0.05) is 25.7 Å². The van der Waals surface area contributed by atoms with Gasteiger partial charge in [-0.05, 0) is 18.8 Å². The van der Waals surface area contributed by atoms with Gasteiger partial charge in [-0.15, -0.1) is 0 Å². The van der Waals surface area contributed by atoms with E-state index in [1.54, 1.807) is 0 Å². The Bertz CT molecular complexity index is 240. The van der Waals surface area contributed by atoms with Gasteiger partial charge in [-0.2, -0.15) is 0 Å². The van der Waals surface area contributed by atoms with Crippen LogP contribution in [0.3, 0.4) is 0 Å². The molecule has 0 aromatic rings. The van der Waals surface area contributed by atoms with Gasteiger partial charge in [0.25, 0.3) is 0 Å². The molecule has 1 aliphatic heterocycles. The minimum atomic E-state index is -0.249. The van der Waals surface area contributed by atoms with Crippen molar-refractivity contribution in [3.8, 4) is 0 Å². The van der Waals surface area contributed by atoms with Crippen molar-refractivity contribution in [2.45, 2.75) is 44.9 Å². The van der Waals surface area contributed by atoms with Gasteiger partial charge in [0.1, 0.15) is 5.78 Å². The number of ether oxygens (including phenoxy) is 1. The first kappa shape index (κ1) is 12.1. The molecule has 2 aliphatic rings. The van der Waals surface area contributed by atoms with Gasteiger partial charge in [0.05, 0.1) is 0 Å². The van der Waals surface area contributed by atoms with E-state index >= 15 is 0 Å². The van der Waals surface area contributed by atoms with E-state index in [-0.39, 0.29) is 5.41 Å². The molecule has 2 rings (SSSR count). The van der Waals surface area contributed by atoms with Crippen molar-refractivity contribution in [1.29, 1.82) is 0 Å². The first-order valence-corrected chi connectivity index (χ1v) is 6.58. The Kier molecular flexibility index (Phi) is 3.98.